The van der Waals surface area contributed by atoms with Crippen molar-refractivity contribution >= 4 is 5.78 Å². The first kappa shape index (κ1) is 15.6. The third-order valence-electron chi connectivity index (χ3n) is 9.24. The van der Waals surface area contributed by atoms with Gasteiger partial charge in [-0.25, -0.2) is 0 Å². The highest BCUT2D eigenvalue weighted by Gasteiger charge is 2.79. The van der Waals surface area contributed by atoms with Crippen LogP contribution < -0.4 is 0 Å². The summed E-state index contributed by atoms with van der Waals surface area (Å²) in [6.07, 6.45) is 9.70. The van der Waals surface area contributed by atoms with E-state index in [1.54, 1.807) is 6.92 Å². The number of aliphatic hydroxyl groups excluding tert-OH is 2. The van der Waals surface area contributed by atoms with Gasteiger partial charge in [0.25, 0.3) is 0 Å². The topological polar surface area (TPSA) is 57.5 Å². The number of aliphatic hydroxyl groups is 2. The molecule has 24 heavy (non-hydrogen) atoms. The maximum absolute atomic E-state index is 12.3. The maximum Gasteiger partial charge on any atom is 0.136 e. The summed E-state index contributed by atoms with van der Waals surface area (Å²) in [6.45, 7) is 4.11. The fourth-order valence-electron chi connectivity index (χ4n) is 8.13. The Balaban J connectivity index is 1.54. The van der Waals surface area contributed by atoms with Gasteiger partial charge in [0.1, 0.15) is 5.78 Å². The molecule has 8 atom stereocenters. The first-order chi connectivity index (χ1) is 11.3. The molecule has 1 spiro atoms. The van der Waals surface area contributed by atoms with Crippen LogP contribution in [-0.2, 0) is 4.79 Å². The summed E-state index contributed by atoms with van der Waals surface area (Å²) in [6, 6.07) is 0. The summed E-state index contributed by atoms with van der Waals surface area (Å²) in [4.78, 5) is 12.3. The third kappa shape index (κ3) is 1.60. The van der Waals surface area contributed by atoms with Gasteiger partial charge in [-0.2, -0.15) is 0 Å². The second kappa shape index (κ2) is 4.54. The number of hydrogen-bond acceptors (Lipinski definition) is 3. The molecule has 0 unspecified atom stereocenters. The van der Waals surface area contributed by atoms with Crippen molar-refractivity contribution in [2.75, 3.05) is 0 Å². The number of Topliss-reactive ketones (excluding diaryl/α,β-unsaturated/α-hetero) is 1. The zero-order valence-electron chi connectivity index (χ0n) is 14.9. The van der Waals surface area contributed by atoms with E-state index >= 15 is 0 Å². The molecule has 5 aliphatic rings. The normalized spacial score (nSPS) is 58.0. The van der Waals surface area contributed by atoms with Gasteiger partial charge in [0.15, 0.2) is 0 Å². The molecule has 5 aliphatic carbocycles. The van der Waals surface area contributed by atoms with E-state index in [9.17, 15) is 15.0 Å². The minimum Gasteiger partial charge on any atom is -0.393 e. The van der Waals surface area contributed by atoms with Crippen molar-refractivity contribution in [1.82, 2.24) is 0 Å². The minimum atomic E-state index is -0.283. The Kier molecular flexibility index (Phi) is 2.94. The summed E-state index contributed by atoms with van der Waals surface area (Å²) in [5.74, 6) is 1.84. The first-order valence-corrected chi connectivity index (χ1v) is 9.91. The van der Waals surface area contributed by atoms with Crippen LogP contribution in [-0.4, -0.2) is 28.2 Å². The molecule has 3 nitrogen and oxygen atoms in total. The van der Waals surface area contributed by atoms with Gasteiger partial charge in [-0.15, -0.1) is 0 Å². The predicted molar refractivity (Wildman–Crippen MR) is 91.2 cm³/mol. The van der Waals surface area contributed by atoms with E-state index in [0.29, 0.717) is 23.5 Å². The van der Waals surface area contributed by atoms with Crippen molar-refractivity contribution in [3.63, 3.8) is 0 Å². The SMILES string of the molecule is CC(=O)[C@]12CC[C@H]3[C@@H]4CC=C5C[C@@H](O)CC[C@]5(C)[C@H]4[C@@H](O)C[C@@]31C2. The van der Waals surface area contributed by atoms with Gasteiger partial charge in [-0.05, 0) is 86.9 Å². The van der Waals surface area contributed by atoms with Gasteiger partial charge in [0.2, 0.25) is 0 Å². The Hall–Kier alpha value is -0.670. The molecule has 0 radical (unpaired) electrons. The molecule has 5 rings (SSSR count). The third-order valence-corrected chi connectivity index (χ3v) is 9.24. The zero-order valence-corrected chi connectivity index (χ0v) is 14.9. The van der Waals surface area contributed by atoms with Crippen LogP contribution in [0.15, 0.2) is 11.6 Å². The number of hydrogen-bond donors (Lipinski definition) is 2. The largest absolute Gasteiger partial charge is 0.393 e. The predicted octanol–water partition coefficient (Wildman–Crippen LogP) is 3.24. The highest BCUT2D eigenvalue weighted by atomic mass is 16.3. The van der Waals surface area contributed by atoms with Crippen molar-refractivity contribution in [2.45, 2.75) is 77.4 Å². The average molecular weight is 330 g/mol. The fourth-order valence-corrected chi connectivity index (χ4v) is 8.13. The number of carbonyl (C=O) groups excluding carboxylic acids is 1. The number of allylic oxidation sites excluding steroid dienone is 1. The second-order valence-corrected chi connectivity index (χ2v) is 9.86. The van der Waals surface area contributed by atoms with Crippen LogP contribution >= 0.6 is 0 Å². The first-order valence-electron chi connectivity index (χ1n) is 9.91. The molecule has 0 aromatic rings. The van der Waals surface area contributed by atoms with E-state index < -0.39 is 0 Å². The van der Waals surface area contributed by atoms with Crippen molar-refractivity contribution in [1.29, 1.82) is 0 Å². The second-order valence-electron chi connectivity index (χ2n) is 9.86. The molecule has 0 heterocycles. The summed E-state index contributed by atoms with van der Waals surface area (Å²) in [5, 5.41) is 21.3. The van der Waals surface area contributed by atoms with Crippen LogP contribution in [0.1, 0.15) is 65.2 Å². The molecule has 0 aromatic carbocycles. The standard InChI is InChI=1S/C21H30O3/c1-12(22)20-8-6-16-15-4-3-13-9-14(23)5-7-19(13,2)18(15)17(24)10-21(16,20)11-20/h3,14-18,23-24H,4-11H2,1-2H3/t14-,15-,16-,17-,18+,19-,20+,21+/m0/s1. The van der Waals surface area contributed by atoms with Crippen molar-refractivity contribution in [3.8, 4) is 0 Å². The molecule has 0 amide bonds. The van der Waals surface area contributed by atoms with Crippen molar-refractivity contribution in [2.24, 2.45) is 34.0 Å². The average Bonchev–Trinajstić information content (AvgIpc) is 3.05. The lowest BCUT2D eigenvalue weighted by Gasteiger charge is -2.57. The molecule has 0 aliphatic heterocycles. The van der Waals surface area contributed by atoms with Crippen LogP contribution in [0.2, 0.25) is 0 Å². The Bertz CT molecular complexity index is 639. The molecule has 132 valence electrons. The molecular formula is C21H30O3. The van der Waals surface area contributed by atoms with E-state index in [2.05, 4.69) is 13.0 Å². The molecule has 4 saturated carbocycles. The Morgan fingerprint density at radius 2 is 2.04 bits per heavy atom. The molecule has 2 N–H and O–H groups in total. The van der Waals surface area contributed by atoms with Crippen LogP contribution in [0.3, 0.4) is 0 Å². The number of rotatable bonds is 1. The summed E-state index contributed by atoms with van der Waals surface area (Å²) in [5.41, 5.74) is 1.48. The van der Waals surface area contributed by atoms with E-state index in [-0.39, 0.29) is 28.5 Å². The summed E-state index contributed by atoms with van der Waals surface area (Å²) < 4.78 is 0. The maximum atomic E-state index is 12.3. The lowest BCUT2D eigenvalue weighted by Crippen LogP contribution is -2.54. The highest BCUT2D eigenvalue weighted by Crippen LogP contribution is 2.82. The van der Waals surface area contributed by atoms with E-state index in [1.165, 1.54) is 12.0 Å². The van der Waals surface area contributed by atoms with Gasteiger partial charge in [0, 0.05) is 5.41 Å². The molecule has 0 saturated heterocycles. The van der Waals surface area contributed by atoms with Crippen molar-refractivity contribution < 1.29 is 15.0 Å². The molecule has 0 aromatic heterocycles. The monoisotopic (exact) mass is 330 g/mol. The van der Waals surface area contributed by atoms with Crippen LogP contribution in [0.5, 0.6) is 0 Å². The lowest BCUT2D eigenvalue weighted by molar-refractivity contribution is -0.126. The lowest BCUT2D eigenvalue weighted by atomic mass is 9.48. The van der Waals surface area contributed by atoms with E-state index in [0.717, 1.165) is 44.9 Å². The summed E-state index contributed by atoms with van der Waals surface area (Å²) in [7, 11) is 0. The van der Waals surface area contributed by atoms with Gasteiger partial charge < -0.3 is 10.2 Å². The summed E-state index contributed by atoms with van der Waals surface area (Å²) >= 11 is 0. The fraction of sp³-hybridized carbons (Fsp3) is 0.857. The molecule has 3 heteroatoms. The van der Waals surface area contributed by atoms with Crippen molar-refractivity contribution in [3.05, 3.63) is 11.6 Å². The van der Waals surface area contributed by atoms with Crippen LogP contribution in [0, 0.1) is 34.0 Å². The minimum absolute atomic E-state index is 0.0551. The highest BCUT2D eigenvalue weighted by molar-refractivity contribution is 5.87. The van der Waals surface area contributed by atoms with Gasteiger partial charge >= 0.3 is 0 Å². The van der Waals surface area contributed by atoms with E-state index in [1.807, 2.05) is 0 Å². The van der Waals surface area contributed by atoms with Crippen LogP contribution in [0.4, 0.5) is 0 Å². The Morgan fingerprint density at radius 1 is 1.25 bits per heavy atom. The van der Waals surface area contributed by atoms with Gasteiger partial charge in [-0.1, -0.05) is 18.6 Å². The Morgan fingerprint density at radius 3 is 2.75 bits per heavy atom. The number of fused-ring (bicyclic) bond motifs is 4. The number of ketones is 1. The van der Waals surface area contributed by atoms with Gasteiger partial charge in [0.05, 0.1) is 12.2 Å². The molecule has 0 bridgehead atoms. The Labute approximate surface area is 144 Å². The quantitative estimate of drug-likeness (QED) is 0.726. The molecular weight excluding hydrogens is 300 g/mol. The zero-order chi connectivity index (χ0) is 16.9. The molecule has 4 fully saturated rings. The number of carbonyl (C=O) groups is 1. The van der Waals surface area contributed by atoms with Crippen LogP contribution in [0.25, 0.3) is 0 Å². The van der Waals surface area contributed by atoms with Gasteiger partial charge in [-0.3, -0.25) is 4.79 Å². The van der Waals surface area contributed by atoms with E-state index in [4.69, 9.17) is 0 Å². The smallest absolute Gasteiger partial charge is 0.136 e.